The molecular weight excluding hydrogens is 310 g/mol. The third-order valence-corrected chi connectivity index (χ3v) is 4.93. The van der Waals surface area contributed by atoms with Gasteiger partial charge in [-0.05, 0) is 6.92 Å². The molecule has 0 bridgehead atoms. The maximum Gasteiger partial charge on any atom is 0.308 e. The molecule has 0 saturated carbocycles. The van der Waals surface area contributed by atoms with E-state index in [2.05, 4.69) is 15.1 Å². The average Bonchev–Trinajstić information content (AvgIpc) is 2.93. The molecule has 2 rings (SSSR count). The quantitative estimate of drug-likeness (QED) is 0.844. The fraction of sp³-hybridized carbons (Fsp3) is 0.538. The molecule has 8 heteroatoms. The Kier molecular flexibility index (Phi) is 4.67. The van der Waals surface area contributed by atoms with Crippen LogP contribution < -0.4 is 0 Å². The molecule has 0 aromatic carbocycles. The van der Waals surface area contributed by atoms with Crippen molar-refractivity contribution in [3.63, 3.8) is 0 Å². The molecule has 0 fully saturated rings. The minimum atomic E-state index is -0.843. The first kappa shape index (κ1) is 16.0. The fourth-order valence-electron chi connectivity index (χ4n) is 1.51. The molecule has 0 aliphatic heterocycles. The van der Waals surface area contributed by atoms with Crippen LogP contribution in [0, 0.1) is 6.92 Å². The number of rotatable bonds is 5. The SMILES string of the molecule is Cc1nc(SCc2nc(C(C)(C)C)no2)sc1CC(=O)O. The van der Waals surface area contributed by atoms with E-state index < -0.39 is 5.97 Å². The van der Waals surface area contributed by atoms with Gasteiger partial charge in [-0.25, -0.2) is 4.98 Å². The molecule has 0 saturated heterocycles. The Labute approximate surface area is 131 Å². The Morgan fingerprint density at radius 1 is 1.38 bits per heavy atom. The third kappa shape index (κ3) is 4.28. The molecule has 0 atom stereocenters. The number of nitrogens with zero attached hydrogens (tertiary/aromatic N) is 3. The highest BCUT2D eigenvalue weighted by Crippen LogP contribution is 2.30. The first-order valence-electron chi connectivity index (χ1n) is 6.39. The van der Waals surface area contributed by atoms with Gasteiger partial charge in [-0.3, -0.25) is 4.79 Å². The zero-order valence-electron chi connectivity index (χ0n) is 12.3. The van der Waals surface area contributed by atoms with Crippen LogP contribution >= 0.6 is 23.1 Å². The van der Waals surface area contributed by atoms with Gasteiger partial charge < -0.3 is 9.63 Å². The molecule has 21 heavy (non-hydrogen) atoms. The van der Waals surface area contributed by atoms with Gasteiger partial charge in [-0.2, -0.15) is 4.98 Å². The number of carboxylic acids is 1. The minimum Gasteiger partial charge on any atom is -0.481 e. The Morgan fingerprint density at radius 3 is 2.67 bits per heavy atom. The smallest absolute Gasteiger partial charge is 0.308 e. The van der Waals surface area contributed by atoms with Crippen molar-refractivity contribution in [1.82, 2.24) is 15.1 Å². The molecule has 0 aliphatic carbocycles. The molecule has 0 spiro atoms. The first-order valence-corrected chi connectivity index (χ1v) is 8.20. The summed E-state index contributed by atoms with van der Waals surface area (Å²) in [5.41, 5.74) is 0.629. The fourth-order valence-corrected chi connectivity index (χ4v) is 3.57. The van der Waals surface area contributed by atoms with Crippen molar-refractivity contribution in [1.29, 1.82) is 0 Å². The zero-order valence-corrected chi connectivity index (χ0v) is 14.0. The highest BCUT2D eigenvalue weighted by molar-refractivity contribution is 8.00. The Hall–Kier alpha value is -1.41. The van der Waals surface area contributed by atoms with E-state index in [1.807, 2.05) is 27.7 Å². The lowest BCUT2D eigenvalue weighted by Gasteiger charge is -2.10. The molecule has 0 amide bonds. The molecule has 2 heterocycles. The maximum absolute atomic E-state index is 10.7. The minimum absolute atomic E-state index is 0.0127. The van der Waals surface area contributed by atoms with Crippen LogP contribution in [0.4, 0.5) is 0 Å². The van der Waals surface area contributed by atoms with E-state index in [0.717, 1.165) is 14.9 Å². The molecular formula is C13H17N3O3S2. The van der Waals surface area contributed by atoms with Crippen molar-refractivity contribution in [2.24, 2.45) is 0 Å². The normalized spacial score (nSPS) is 11.8. The maximum atomic E-state index is 10.7. The number of thiazole rings is 1. The topological polar surface area (TPSA) is 89.1 Å². The van der Waals surface area contributed by atoms with Crippen LogP contribution in [0.15, 0.2) is 8.86 Å². The Balaban J connectivity index is 2.00. The van der Waals surface area contributed by atoms with E-state index in [-0.39, 0.29) is 11.8 Å². The van der Waals surface area contributed by atoms with Crippen LogP contribution in [-0.4, -0.2) is 26.2 Å². The lowest BCUT2D eigenvalue weighted by atomic mass is 9.96. The van der Waals surface area contributed by atoms with E-state index in [1.165, 1.54) is 23.1 Å². The van der Waals surface area contributed by atoms with E-state index in [0.29, 0.717) is 17.5 Å². The van der Waals surface area contributed by atoms with Crippen LogP contribution in [0.25, 0.3) is 0 Å². The summed E-state index contributed by atoms with van der Waals surface area (Å²) in [6.45, 7) is 7.90. The summed E-state index contributed by atoms with van der Waals surface area (Å²) in [4.78, 5) is 20.2. The Morgan fingerprint density at radius 2 is 2.10 bits per heavy atom. The molecule has 0 radical (unpaired) electrons. The number of carbonyl (C=O) groups is 1. The molecule has 2 aromatic heterocycles. The summed E-state index contributed by atoms with van der Waals surface area (Å²) < 4.78 is 6.03. The predicted octanol–water partition coefficient (Wildman–Crippen LogP) is 3.05. The lowest BCUT2D eigenvalue weighted by molar-refractivity contribution is -0.136. The van der Waals surface area contributed by atoms with Crippen LogP contribution in [0.2, 0.25) is 0 Å². The standard InChI is InChI=1S/C13H17N3O3S2/c1-7-8(5-10(17)18)21-12(14-7)20-6-9-15-11(16-19-9)13(2,3)4/h5-6H2,1-4H3,(H,17,18). The van der Waals surface area contributed by atoms with Crippen molar-refractivity contribution in [2.45, 2.75) is 49.6 Å². The summed E-state index contributed by atoms with van der Waals surface area (Å²) in [5.74, 6) is 0.922. The second-order valence-corrected chi connectivity index (χ2v) is 7.92. The van der Waals surface area contributed by atoms with E-state index in [4.69, 9.17) is 9.63 Å². The van der Waals surface area contributed by atoms with Gasteiger partial charge in [0, 0.05) is 10.3 Å². The van der Waals surface area contributed by atoms with Crippen LogP contribution in [-0.2, 0) is 22.4 Å². The second kappa shape index (κ2) is 6.15. The van der Waals surface area contributed by atoms with Gasteiger partial charge in [-0.15, -0.1) is 11.3 Å². The Bertz CT molecular complexity index is 643. The molecule has 1 N–H and O–H groups in total. The van der Waals surface area contributed by atoms with Crippen molar-refractivity contribution in [2.75, 3.05) is 0 Å². The number of aliphatic carboxylic acids is 1. The first-order chi connectivity index (χ1) is 9.75. The molecule has 6 nitrogen and oxygen atoms in total. The number of hydrogen-bond donors (Lipinski definition) is 1. The number of aryl methyl sites for hydroxylation is 1. The van der Waals surface area contributed by atoms with Gasteiger partial charge in [-0.1, -0.05) is 37.7 Å². The summed E-state index contributed by atoms with van der Waals surface area (Å²) in [6, 6.07) is 0. The highest BCUT2D eigenvalue weighted by Gasteiger charge is 2.21. The highest BCUT2D eigenvalue weighted by atomic mass is 32.2. The van der Waals surface area contributed by atoms with Gasteiger partial charge in [0.1, 0.15) is 0 Å². The average molecular weight is 327 g/mol. The molecule has 114 valence electrons. The number of thioether (sulfide) groups is 1. The van der Waals surface area contributed by atoms with E-state index in [9.17, 15) is 4.79 Å². The molecule has 2 aromatic rings. The second-order valence-electron chi connectivity index (χ2n) is 5.61. The third-order valence-electron chi connectivity index (χ3n) is 2.64. The summed E-state index contributed by atoms with van der Waals surface area (Å²) >= 11 is 2.88. The molecule has 0 aliphatic rings. The largest absolute Gasteiger partial charge is 0.481 e. The van der Waals surface area contributed by atoms with Crippen LogP contribution in [0.1, 0.15) is 43.1 Å². The van der Waals surface area contributed by atoms with Crippen LogP contribution in [0.3, 0.4) is 0 Å². The zero-order chi connectivity index (χ0) is 15.6. The van der Waals surface area contributed by atoms with Crippen molar-refractivity contribution >= 4 is 29.1 Å². The van der Waals surface area contributed by atoms with Crippen LogP contribution in [0.5, 0.6) is 0 Å². The summed E-state index contributed by atoms with van der Waals surface area (Å²) in [6.07, 6.45) is 0.0127. The van der Waals surface area contributed by atoms with Gasteiger partial charge in [0.15, 0.2) is 10.2 Å². The van der Waals surface area contributed by atoms with Gasteiger partial charge in [0.25, 0.3) is 0 Å². The predicted molar refractivity (Wildman–Crippen MR) is 80.7 cm³/mol. The van der Waals surface area contributed by atoms with Gasteiger partial charge in [0.2, 0.25) is 5.89 Å². The molecule has 0 unspecified atom stereocenters. The van der Waals surface area contributed by atoms with Gasteiger partial charge >= 0.3 is 5.97 Å². The van der Waals surface area contributed by atoms with Crippen molar-refractivity contribution in [3.8, 4) is 0 Å². The number of aromatic nitrogens is 3. The van der Waals surface area contributed by atoms with Crippen molar-refractivity contribution in [3.05, 3.63) is 22.3 Å². The summed E-state index contributed by atoms with van der Waals surface area (Å²) in [7, 11) is 0. The number of hydrogen-bond acceptors (Lipinski definition) is 7. The monoisotopic (exact) mass is 327 g/mol. The van der Waals surface area contributed by atoms with Crippen molar-refractivity contribution < 1.29 is 14.4 Å². The van der Waals surface area contributed by atoms with E-state index >= 15 is 0 Å². The van der Waals surface area contributed by atoms with Gasteiger partial charge in [0.05, 0.1) is 17.9 Å². The lowest BCUT2D eigenvalue weighted by Crippen LogP contribution is -2.13. The summed E-state index contributed by atoms with van der Waals surface area (Å²) in [5, 5.41) is 12.8. The number of carboxylic acid groups (broad SMARTS) is 1. The van der Waals surface area contributed by atoms with E-state index in [1.54, 1.807) is 0 Å².